The molecule has 2 aliphatic rings. The number of hydrogen-bond donors (Lipinski definition) is 1. The van der Waals surface area contributed by atoms with E-state index in [1.165, 1.54) is 12.1 Å². The molecule has 0 saturated carbocycles. The Hall–Kier alpha value is -4.28. The van der Waals surface area contributed by atoms with E-state index in [0.29, 0.717) is 5.11 Å². The van der Waals surface area contributed by atoms with Crippen LogP contribution in [-0.4, -0.2) is 45.9 Å². The Bertz CT molecular complexity index is 1440. The van der Waals surface area contributed by atoms with Crippen molar-refractivity contribution in [1.82, 2.24) is 14.9 Å². The minimum atomic E-state index is -0.390. The summed E-state index contributed by atoms with van der Waals surface area (Å²) in [4.78, 5) is 19.9. The first-order valence-electron chi connectivity index (χ1n) is 12.5. The topological polar surface area (TPSA) is 88.7 Å². The van der Waals surface area contributed by atoms with Gasteiger partial charge in [-0.15, -0.1) is 0 Å². The maximum Gasteiger partial charge on any atom is 0.269 e. The molecule has 2 aliphatic heterocycles. The van der Waals surface area contributed by atoms with Gasteiger partial charge in [-0.1, -0.05) is 6.07 Å². The fourth-order valence-corrected chi connectivity index (χ4v) is 5.53. The van der Waals surface area contributed by atoms with Crippen molar-refractivity contribution in [2.75, 3.05) is 36.1 Å². The molecule has 0 radical (unpaired) electrons. The third kappa shape index (κ3) is 4.48. The van der Waals surface area contributed by atoms with E-state index in [-0.39, 0.29) is 22.7 Å². The summed E-state index contributed by atoms with van der Waals surface area (Å²) in [5, 5.41) is 15.3. The normalized spacial score (nSPS) is 19.4. The lowest BCUT2D eigenvalue weighted by Crippen LogP contribution is -2.36. The van der Waals surface area contributed by atoms with Crippen molar-refractivity contribution in [2.45, 2.75) is 12.1 Å². The molecule has 1 N–H and O–H groups in total. The van der Waals surface area contributed by atoms with Crippen molar-refractivity contribution < 1.29 is 9.66 Å². The first kappa shape index (κ1) is 24.1. The van der Waals surface area contributed by atoms with Crippen molar-refractivity contribution in [1.29, 1.82) is 0 Å². The number of pyridine rings is 1. The zero-order valence-corrected chi connectivity index (χ0v) is 21.3. The second-order valence-corrected chi connectivity index (χ2v) is 9.58. The van der Waals surface area contributed by atoms with Gasteiger partial charge in [0.05, 0.1) is 29.9 Å². The lowest BCUT2D eigenvalue weighted by molar-refractivity contribution is -0.384. The number of nitrogens with zero attached hydrogens (tertiary/aromatic N) is 5. The maximum atomic E-state index is 11.2. The fourth-order valence-electron chi connectivity index (χ4n) is 5.18. The van der Waals surface area contributed by atoms with Gasteiger partial charge in [-0.2, -0.15) is 0 Å². The van der Waals surface area contributed by atoms with E-state index in [2.05, 4.69) is 55.0 Å². The molecule has 4 aromatic rings. The Morgan fingerprint density at radius 3 is 2.32 bits per heavy atom. The molecular weight excluding hydrogens is 500 g/mol. The van der Waals surface area contributed by atoms with Crippen LogP contribution in [0.4, 0.5) is 17.1 Å². The molecule has 0 unspecified atom stereocenters. The number of benzene rings is 2. The van der Waals surface area contributed by atoms with E-state index >= 15 is 0 Å². The molecule has 10 heteroatoms. The molecule has 4 heterocycles. The van der Waals surface area contributed by atoms with Gasteiger partial charge in [0.15, 0.2) is 5.11 Å². The standard InChI is InChI=1S/C28H26N6O3S/c35-34(36)23-12-8-21(9-13-23)32-15-3-5-25(32)27-26(24-4-1-2-14-29-24)30-28(38)33(27)22-10-6-20(7-11-22)31-16-18-37-19-17-31/h1-15,26-27H,16-19H2,(H,30,38)/t26-,27+/m1/s1. The van der Waals surface area contributed by atoms with Crippen LogP contribution in [0.3, 0.4) is 0 Å². The highest BCUT2D eigenvalue weighted by Gasteiger charge is 2.42. The number of thiocarbonyl (C=S) groups is 1. The minimum absolute atomic E-state index is 0.0551. The first-order valence-corrected chi connectivity index (χ1v) is 12.9. The number of nitro benzene ring substituents is 1. The summed E-state index contributed by atoms with van der Waals surface area (Å²) in [5.41, 5.74) is 4.87. The summed E-state index contributed by atoms with van der Waals surface area (Å²) in [5.74, 6) is 0. The van der Waals surface area contributed by atoms with E-state index < -0.39 is 0 Å². The summed E-state index contributed by atoms with van der Waals surface area (Å²) in [6, 6.07) is 24.5. The van der Waals surface area contributed by atoms with E-state index in [9.17, 15) is 10.1 Å². The van der Waals surface area contributed by atoms with Crippen LogP contribution in [0.5, 0.6) is 0 Å². The summed E-state index contributed by atoms with van der Waals surface area (Å²) in [6.45, 7) is 3.21. The molecule has 0 aliphatic carbocycles. The highest BCUT2D eigenvalue weighted by Crippen LogP contribution is 2.42. The zero-order chi connectivity index (χ0) is 26.1. The summed E-state index contributed by atoms with van der Waals surface area (Å²) in [7, 11) is 0. The van der Waals surface area contributed by atoms with Gasteiger partial charge in [0.2, 0.25) is 0 Å². The van der Waals surface area contributed by atoms with E-state index in [1.807, 2.05) is 30.5 Å². The minimum Gasteiger partial charge on any atom is -0.378 e. The number of nitro groups is 1. The molecular formula is C28H26N6O3S. The SMILES string of the molecule is O=[N+]([O-])c1ccc(-n2cccc2[C@H]2[C@@H](c3ccccn3)NC(=S)N2c2ccc(N3CCOCC3)cc2)cc1. The number of rotatable bonds is 6. The van der Waals surface area contributed by atoms with Crippen LogP contribution >= 0.6 is 12.2 Å². The van der Waals surface area contributed by atoms with Crippen molar-refractivity contribution in [3.05, 3.63) is 113 Å². The van der Waals surface area contributed by atoms with E-state index in [1.54, 1.807) is 18.3 Å². The average Bonchev–Trinajstić information content (AvgIpc) is 3.58. The molecule has 2 saturated heterocycles. The number of ether oxygens (including phenoxy) is 1. The molecule has 2 atom stereocenters. The van der Waals surface area contributed by atoms with Gasteiger partial charge in [0.1, 0.15) is 6.04 Å². The average molecular weight is 527 g/mol. The summed E-state index contributed by atoms with van der Waals surface area (Å²) >= 11 is 5.89. The lowest BCUT2D eigenvalue weighted by Gasteiger charge is -2.31. The Morgan fingerprint density at radius 1 is 0.921 bits per heavy atom. The molecule has 0 amide bonds. The van der Waals surface area contributed by atoms with Crippen LogP contribution in [-0.2, 0) is 4.74 Å². The van der Waals surface area contributed by atoms with Gasteiger partial charge in [-0.3, -0.25) is 15.1 Å². The molecule has 192 valence electrons. The number of anilines is 2. The lowest BCUT2D eigenvalue weighted by atomic mass is 10.0. The number of nitrogens with one attached hydrogen (secondary N) is 1. The van der Waals surface area contributed by atoms with Gasteiger partial charge in [0, 0.05) is 60.4 Å². The molecule has 2 aromatic heterocycles. The van der Waals surface area contributed by atoms with Crippen LogP contribution in [0, 0.1) is 10.1 Å². The molecule has 0 spiro atoms. The summed E-state index contributed by atoms with van der Waals surface area (Å²) in [6.07, 6.45) is 3.75. The molecule has 2 fully saturated rings. The smallest absolute Gasteiger partial charge is 0.269 e. The molecule has 2 aromatic carbocycles. The van der Waals surface area contributed by atoms with Crippen LogP contribution in [0.15, 0.2) is 91.3 Å². The predicted molar refractivity (Wildman–Crippen MR) is 150 cm³/mol. The number of morpholine rings is 1. The Morgan fingerprint density at radius 2 is 1.63 bits per heavy atom. The monoisotopic (exact) mass is 526 g/mol. The highest BCUT2D eigenvalue weighted by atomic mass is 32.1. The second-order valence-electron chi connectivity index (χ2n) is 9.19. The van der Waals surface area contributed by atoms with E-state index in [0.717, 1.165) is 54.8 Å². The van der Waals surface area contributed by atoms with Gasteiger partial charge in [-0.25, -0.2) is 0 Å². The Balaban J connectivity index is 1.40. The third-order valence-corrected chi connectivity index (χ3v) is 7.34. The molecule has 6 rings (SSSR count). The summed E-state index contributed by atoms with van der Waals surface area (Å²) < 4.78 is 7.55. The molecule has 38 heavy (non-hydrogen) atoms. The quantitative estimate of drug-likeness (QED) is 0.218. The Kier molecular flexibility index (Phi) is 6.48. The number of non-ortho nitro benzene ring substituents is 1. The van der Waals surface area contributed by atoms with Gasteiger partial charge in [0.25, 0.3) is 5.69 Å². The first-order chi connectivity index (χ1) is 18.6. The fraction of sp³-hybridized carbons (Fsp3) is 0.214. The van der Waals surface area contributed by atoms with Gasteiger partial charge < -0.3 is 24.4 Å². The second kappa shape index (κ2) is 10.2. The van der Waals surface area contributed by atoms with Crippen molar-refractivity contribution in [3.63, 3.8) is 0 Å². The van der Waals surface area contributed by atoms with Crippen molar-refractivity contribution in [3.8, 4) is 5.69 Å². The Labute approximate surface area is 225 Å². The van der Waals surface area contributed by atoms with Crippen LogP contribution in [0.1, 0.15) is 23.5 Å². The highest BCUT2D eigenvalue weighted by molar-refractivity contribution is 7.80. The van der Waals surface area contributed by atoms with Crippen molar-refractivity contribution >= 4 is 34.4 Å². The van der Waals surface area contributed by atoms with Gasteiger partial charge >= 0.3 is 0 Å². The zero-order valence-electron chi connectivity index (χ0n) is 20.5. The molecule has 0 bridgehead atoms. The van der Waals surface area contributed by atoms with Crippen LogP contribution in [0.2, 0.25) is 0 Å². The third-order valence-electron chi connectivity index (χ3n) is 7.02. The number of aromatic nitrogens is 2. The van der Waals surface area contributed by atoms with Gasteiger partial charge in [-0.05, 0) is 72.9 Å². The predicted octanol–water partition coefficient (Wildman–Crippen LogP) is 4.79. The van der Waals surface area contributed by atoms with Crippen LogP contribution < -0.4 is 15.1 Å². The largest absolute Gasteiger partial charge is 0.378 e. The molecule has 9 nitrogen and oxygen atoms in total. The van der Waals surface area contributed by atoms with E-state index in [4.69, 9.17) is 17.0 Å². The van der Waals surface area contributed by atoms with Crippen molar-refractivity contribution in [2.24, 2.45) is 0 Å². The van der Waals surface area contributed by atoms with Crippen LogP contribution in [0.25, 0.3) is 5.69 Å². The number of hydrogen-bond acceptors (Lipinski definition) is 6. The maximum absolute atomic E-state index is 11.2.